The van der Waals surface area contributed by atoms with E-state index >= 15 is 0 Å². The Kier molecular flexibility index (Phi) is 4.51. The number of nitrogens with zero attached hydrogens (tertiary/aromatic N) is 1. The average Bonchev–Trinajstić information content (AvgIpc) is 3.01. The maximum atomic E-state index is 13.5. The summed E-state index contributed by atoms with van der Waals surface area (Å²) in [6, 6.07) is 3.21. The molecular weight excluding hydrogens is 307 g/mol. The molecule has 0 radical (unpaired) electrons. The monoisotopic (exact) mass is 323 g/mol. The lowest BCUT2D eigenvalue weighted by molar-refractivity contribution is -0.147. The SMILES string of the molecule is C/C(C#N)=C\C1C(C(=O)OCc2cc(F)cc(F)c2F)C1(C)C. The third-order valence-electron chi connectivity index (χ3n) is 4.21. The molecule has 1 fully saturated rings. The summed E-state index contributed by atoms with van der Waals surface area (Å²) < 4.78 is 44.7. The van der Waals surface area contributed by atoms with Crippen molar-refractivity contribution < 1.29 is 22.7 Å². The van der Waals surface area contributed by atoms with E-state index in [1.54, 1.807) is 13.0 Å². The Morgan fingerprint density at radius 2 is 2.04 bits per heavy atom. The smallest absolute Gasteiger partial charge is 0.310 e. The first-order valence-electron chi connectivity index (χ1n) is 7.07. The summed E-state index contributed by atoms with van der Waals surface area (Å²) in [5.41, 5.74) is -0.229. The van der Waals surface area contributed by atoms with E-state index in [1.165, 1.54) is 0 Å². The van der Waals surface area contributed by atoms with Gasteiger partial charge in [0, 0.05) is 17.2 Å². The van der Waals surface area contributed by atoms with Gasteiger partial charge < -0.3 is 4.74 Å². The van der Waals surface area contributed by atoms with E-state index in [-0.39, 0.29) is 16.9 Å². The number of hydrogen-bond acceptors (Lipinski definition) is 3. The molecule has 1 aromatic carbocycles. The molecule has 0 N–H and O–H groups in total. The Morgan fingerprint density at radius 1 is 1.39 bits per heavy atom. The van der Waals surface area contributed by atoms with Crippen LogP contribution in [0.4, 0.5) is 13.2 Å². The molecule has 2 unspecified atom stereocenters. The number of benzene rings is 1. The molecule has 2 rings (SSSR count). The summed E-state index contributed by atoms with van der Waals surface area (Å²) in [4.78, 5) is 12.1. The fourth-order valence-corrected chi connectivity index (χ4v) is 2.70. The minimum atomic E-state index is -1.33. The lowest BCUT2D eigenvalue weighted by atomic mass is 10.1. The van der Waals surface area contributed by atoms with Gasteiger partial charge in [0.05, 0.1) is 12.0 Å². The number of halogens is 3. The molecule has 122 valence electrons. The van der Waals surface area contributed by atoms with Crippen LogP contribution in [0.2, 0.25) is 0 Å². The van der Waals surface area contributed by atoms with Crippen molar-refractivity contribution in [2.75, 3.05) is 0 Å². The zero-order valence-corrected chi connectivity index (χ0v) is 13.0. The fourth-order valence-electron chi connectivity index (χ4n) is 2.70. The lowest BCUT2D eigenvalue weighted by Gasteiger charge is -2.07. The van der Waals surface area contributed by atoms with Crippen molar-refractivity contribution >= 4 is 5.97 Å². The molecule has 1 aliphatic rings. The second-order valence-electron chi connectivity index (χ2n) is 6.25. The van der Waals surface area contributed by atoms with Crippen LogP contribution in [0, 0.1) is 46.0 Å². The Labute approximate surface area is 132 Å². The van der Waals surface area contributed by atoms with Crippen LogP contribution in [0.1, 0.15) is 26.3 Å². The van der Waals surface area contributed by atoms with E-state index in [9.17, 15) is 18.0 Å². The molecule has 0 saturated heterocycles. The zero-order valence-electron chi connectivity index (χ0n) is 13.0. The highest BCUT2D eigenvalue weighted by Gasteiger charge is 2.61. The van der Waals surface area contributed by atoms with Crippen LogP contribution in [-0.2, 0) is 16.1 Å². The molecule has 3 nitrogen and oxygen atoms in total. The van der Waals surface area contributed by atoms with Gasteiger partial charge in [-0.05, 0) is 24.3 Å². The van der Waals surface area contributed by atoms with E-state index < -0.39 is 35.9 Å². The van der Waals surface area contributed by atoms with E-state index in [4.69, 9.17) is 10.00 Å². The molecule has 1 aromatic rings. The zero-order chi connectivity index (χ0) is 17.4. The van der Waals surface area contributed by atoms with Crippen molar-refractivity contribution in [3.05, 3.63) is 46.8 Å². The molecule has 0 amide bonds. The first kappa shape index (κ1) is 17.1. The summed E-state index contributed by atoms with van der Waals surface area (Å²) >= 11 is 0. The van der Waals surface area contributed by atoms with Crippen LogP contribution < -0.4 is 0 Å². The molecule has 2 atom stereocenters. The Hall–Kier alpha value is -2.29. The number of nitriles is 1. The van der Waals surface area contributed by atoms with Gasteiger partial charge in [0.1, 0.15) is 12.4 Å². The maximum Gasteiger partial charge on any atom is 0.310 e. The molecule has 0 bridgehead atoms. The number of carbonyl (C=O) groups excluding carboxylic acids is 1. The summed E-state index contributed by atoms with van der Waals surface area (Å²) in [5, 5.41) is 8.79. The summed E-state index contributed by atoms with van der Waals surface area (Å²) in [5.74, 6) is -4.69. The predicted molar refractivity (Wildman–Crippen MR) is 76.2 cm³/mol. The number of rotatable bonds is 4. The highest BCUT2D eigenvalue weighted by molar-refractivity contribution is 5.78. The van der Waals surface area contributed by atoms with E-state index in [2.05, 4.69) is 0 Å². The summed E-state index contributed by atoms with van der Waals surface area (Å²) in [7, 11) is 0. The second kappa shape index (κ2) is 6.07. The number of carbonyl (C=O) groups is 1. The molecular formula is C17H16F3NO2. The van der Waals surface area contributed by atoms with Crippen molar-refractivity contribution in [1.82, 2.24) is 0 Å². The van der Waals surface area contributed by atoms with Crippen LogP contribution in [0.5, 0.6) is 0 Å². The standard InChI is InChI=1S/C17H16F3NO2/c1-9(7-21)4-12-14(17(12,2)3)16(22)23-8-10-5-11(18)6-13(19)15(10)20/h4-6,12,14H,8H2,1-3H3/b9-4+. The Balaban J connectivity index is 2.06. The first-order chi connectivity index (χ1) is 10.7. The van der Waals surface area contributed by atoms with E-state index in [0.717, 1.165) is 6.07 Å². The largest absolute Gasteiger partial charge is 0.460 e. The quantitative estimate of drug-likeness (QED) is 0.480. The van der Waals surface area contributed by atoms with Gasteiger partial charge in [-0.1, -0.05) is 19.9 Å². The van der Waals surface area contributed by atoms with Crippen molar-refractivity contribution in [3.63, 3.8) is 0 Å². The molecule has 6 heteroatoms. The molecule has 23 heavy (non-hydrogen) atoms. The molecule has 0 heterocycles. The number of esters is 1. The minimum Gasteiger partial charge on any atom is -0.460 e. The number of allylic oxidation sites excluding steroid dienone is 2. The van der Waals surface area contributed by atoms with Gasteiger partial charge in [0.15, 0.2) is 11.6 Å². The second-order valence-corrected chi connectivity index (χ2v) is 6.25. The Morgan fingerprint density at radius 3 is 2.65 bits per heavy atom. The van der Waals surface area contributed by atoms with Gasteiger partial charge in [-0.15, -0.1) is 0 Å². The predicted octanol–water partition coefficient (Wildman–Crippen LogP) is 3.89. The molecule has 0 aromatic heterocycles. The van der Waals surface area contributed by atoms with Crippen LogP contribution in [0.25, 0.3) is 0 Å². The van der Waals surface area contributed by atoms with Crippen molar-refractivity contribution in [3.8, 4) is 6.07 Å². The first-order valence-corrected chi connectivity index (χ1v) is 7.07. The third-order valence-corrected chi connectivity index (χ3v) is 4.21. The van der Waals surface area contributed by atoms with Crippen LogP contribution in [0.3, 0.4) is 0 Å². The van der Waals surface area contributed by atoms with Gasteiger partial charge in [-0.25, -0.2) is 13.2 Å². The molecule has 1 saturated carbocycles. The van der Waals surface area contributed by atoms with E-state index in [1.807, 2.05) is 19.9 Å². The summed E-state index contributed by atoms with van der Waals surface area (Å²) in [6.45, 7) is 4.81. The van der Waals surface area contributed by atoms with Gasteiger partial charge in [0.2, 0.25) is 0 Å². The minimum absolute atomic E-state index is 0.149. The van der Waals surface area contributed by atoms with Gasteiger partial charge >= 0.3 is 5.97 Å². The van der Waals surface area contributed by atoms with Gasteiger partial charge in [-0.2, -0.15) is 5.26 Å². The van der Waals surface area contributed by atoms with Gasteiger partial charge in [0.25, 0.3) is 0 Å². The normalized spacial score (nSPS) is 22.4. The van der Waals surface area contributed by atoms with Crippen molar-refractivity contribution in [2.24, 2.45) is 17.3 Å². The highest BCUT2D eigenvalue weighted by Crippen LogP contribution is 2.59. The van der Waals surface area contributed by atoms with Crippen LogP contribution >= 0.6 is 0 Å². The topological polar surface area (TPSA) is 50.1 Å². The third kappa shape index (κ3) is 3.39. The van der Waals surface area contributed by atoms with Crippen LogP contribution in [-0.4, -0.2) is 5.97 Å². The molecule has 0 spiro atoms. The number of ether oxygens (including phenoxy) is 1. The number of hydrogen-bond donors (Lipinski definition) is 0. The van der Waals surface area contributed by atoms with E-state index in [0.29, 0.717) is 11.6 Å². The van der Waals surface area contributed by atoms with Gasteiger partial charge in [-0.3, -0.25) is 4.79 Å². The molecule has 0 aliphatic heterocycles. The highest BCUT2D eigenvalue weighted by atomic mass is 19.2. The Bertz CT molecular complexity index is 719. The average molecular weight is 323 g/mol. The van der Waals surface area contributed by atoms with Crippen LogP contribution in [0.15, 0.2) is 23.8 Å². The van der Waals surface area contributed by atoms with Crippen molar-refractivity contribution in [1.29, 1.82) is 5.26 Å². The van der Waals surface area contributed by atoms with Crippen molar-refractivity contribution in [2.45, 2.75) is 27.4 Å². The lowest BCUT2D eigenvalue weighted by Crippen LogP contribution is -2.12. The molecule has 1 aliphatic carbocycles. The fraction of sp³-hybridized carbons (Fsp3) is 0.412. The summed E-state index contributed by atoms with van der Waals surface area (Å²) in [6.07, 6.45) is 1.70. The maximum absolute atomic E-state index is 13.5.